The summed E-state index contributed by atoms with van der Waals surface area (Å²) >= 11 is 0. The van der Waals surface area contributed by atoms with Crippen LogP contribution in [0.3, 0.4) is 0 Å². The second-order valence-electron chi connectivity index (χ2n) is 3.35. The molecule has 0 saturated carbocycles. The first-order chi connectivity index (χ1) is 7.22. The van der Waals surface area contributed by atoms with Gasteiger partial charge in [0, 0.05) is 12.6 Å². The molecule has 0 heterocycles. The van der Waals surface area contributed by atoms with Gasteiger partial charge in [-0.15, -0.1) is 0 Å². The number of ether oxygens (including phenoxy) is 1. The van der Waals surface area contributed by atoms with E-state index in [1.807, 2.05) is 25.1 Å². The smallest absolute Gasteiger partial charge is 0.240 e. The molecule has 0 saturated heterocycles. The van der Waals surface area contributed by atoms with Gasteiger partial charge in [0.15, 0.2) is 0 Å². The van der Waals surface area contributed by atoms with Gasteiger partial charge in [-0.25, -0.2) is 4.79 Å². The van der Waals surface area contributed by atoms with Gasteiger partial charge < -0.3 is 9.64 Å². The molecule has 0 unspecified atom stereocenters. The maximum atomic E-state index is 10.0. The Hall–Kier alpha value is -1.64. The molecule has 0 spiro atoms. The maximum Gasteiger partial charge on any atom is 0.240 e. The van der Waals surface area contributed by atoms with Gasteiger partial charge in [-0.05, 0) is 26.2 Å². The number of carbonyl (C=O) groups excluding carboxylic acids is 1. The zero-order valence-electron chi connectivity index (χ0n) is 8.93. The van der Waals surface area contributed by atoms with E-state index in [4.69, 9.17) is 4.74 Å². The number of isocyanates is 1. The third-order valence-corrected chi connectivity index (χ3v) is 1.80. The Bertz CT molecular complexity index is 357. The van der Waals surface area contributed by atoms with Crippen LogP contribution in [-0.2, 0) is 4.79 Å². The first-order valence-corrected chi connectivity index (χ1v) is 4.68. The zero-order chi connectivity index (χ0) is 11.1. The third kappa shape index (κ3) is 4.40. The van der Waals surface area contributed by atoms with E-state index in [9.17, 15) is 4.79 Å². The predicted molar refractivity (Wildman–Crippen MR) is 58.3 cm³/mol. The van der Waals surface area contributed by atoms with Crippen LogP contribution < -0.4 is 4.74 Å². The fourth-order valence-corrected chi connectivity index (χ4v) is 1.04. The van der Waals surface area contributed by atoms with E-state index in [1.165, 1.54) is 6.08 Å². The molecule has 15 heavy (non-hydrogen) atoms. The van der Waals surface area contributed by atoms with Crippen molar-refractivity contribution in [3.63, 3.8) is 0 Å². The summed E-state index contributed by atoms with van der Waals surface area (Å²) in [6.45, 7) is 1.46. The lowest BCUT2D eigenvalue weighted by molar-refractivity contribution is 0.261. The van der Waals surface area contributed by atoms with E-state index in [0.717, 1.165) is 6.54 Å². The topological polar surface area (TPSA) is 41.9 Å². The average Bonchev–Trinajstić information content (AvgIpc) is 2.18. The minimum absolute atomic E-state index is 0.562. The Morgan fingerprint density at radius 1 is 1.47 bits per heavy atom. The standard InChI is InChI=1S/C11H14N2O2/c1-13(2)6-7-15-11-5-3-4-10(8-11)12-9-14/h3-5,8H,6-7H2,1-2H3. The summed E-state index contributed by atoms with van der Waals surface area (Å²) in [6, 6.07) is 7.06. The number of hydrogen-bond donors (Lipinski definition) is 0. The summed E-state index contributed by atoms with van der Waals surface area (Å²) in [5, 5.41) is 0. The Labute approximate surface area is 89.2 Å². The molecule has 4 nitrogen and oxygen atoms in total. The fraction of sp³-hybridized carbons (Fsp3) is 0.364. The second kappa shape index (κ2) is 5.96. The molecule has 0 aliphatic rings. The molecule has 0 aromatic heterocycles. The summed E-state index contributed by atoms with van der Waals surface area (Å²) in [6.07, 6.45) is 1.50. The van der Waals surface area contributed by atoms with Gasteiger partial charge in [-0.1, -0.05) is 6.07 Å². The van der Waals surface area contributed by atoms with Crippen LogP contribution in [0.15, 0.2) is 29.3 Å². The molecule has 4 heteroatoms. The number of hydrogen-bond acceptors (Lipinski definition) is 4. The first-order valence-electron chi connectivity index (χ1n) is 4.68. The van der Waals surface area contributed by atoms with Gasteiger partial charge in [-0.3, -0.25) is 0 Å². The van der Waals surface area contributed by atoms with Crippen molar-refractivity contribution in [1.29, 1.82) is 0 Å². The molecule has 1 aromatic carbocycles. The highest BCUT2D eigenvalue weighted by Crippen LogP contribution is 2.19. The molecule has 0 bridgehead atoms. The van der Waals surface area contributed by atoms with Crippen molar-refractivity contribution in [2.45, 2.75) is 0 Å². The molecule has 0 aliphatic carbocycles. The van der Waals surface area contributed by atoms with Gasteiger partial charge >= 0.3 is 0 Å². The maximum absolute atomic E-state index is 10.0. The molecule has 0 aliphatic heterocycles. The van der Waals surface area contributed by atoms with Crippen LogP contribution in [0.2, 0.25) is 0 Å². The van der Waals surface area contributed by atoms with E-state index in [1.54, 1.807) is 18.2 Å². The number of rotatable bonds is 5. The number of aliphatic imine (C=N–C) groups is 1. The minimum atomic E-state index is 0.562. The lowest BCUT2D eigenvalue weighted by Gasteiger charge is -2.10. The van der Waals surface area contributed by atoms with Crippen LogP contribution >= 0.6 is 0 Å². The molecule has 1 rings (SSSR count). The highest BCUT2D eigenvalue weighted by atomic mass is 16.5. The molecule has 0 N–H and O–H groups in total. The fourth-order valence-electron chi connectivity index (χ4n) is 1.04. The largest absolute Gasteiger partial charge is 0.492 e. The Morgan fingerprint density at radius 2 is 2.27 bits per heavy atom. The van der Waals surface area contributed by atoms with Crippen LogP contribution in [0.25, 0.3) is 0 Å². The van der Waals surface area contributed by atoms with Crippen molar-refractivity contribution < 1.29 is 9.53 Å². The third-order valence-electron chi connectivity index (χ3n) is 1.80. The van der Waals surface area contributed by atoms with Crippen LogP contribution in [0, 0.1) is 0 Å². The van der Waals surface area contributed by atoms with Gasteiger partial charge in [-0.2, -0.15) is 4.99 Å². The molecular weight excluding hydrogens is 192 g/mol. The Morgan fingerprint density at radius 3 is 2.93 bits per heavy atom. The summed E-state index contributed by atoms with van der Waals surface area (Å²) in [5.41, 5.74) is 0.562. The van der Waals surface area contributed by atoms with Crippen molar-refractivity contribution in [3.8, 4) is 5.75 Å². The monoisotopic (exact) mass is 206 g/mol. The molecular formula is C11H14N2O2. The summed E-state index contributed by atoms with van der Waals surface area (Å²) < 4.78 is 5.47. The van der Waals surface area contributed by atoms with Crippen molar-refractivity contribution in [2.75, 3.05) is 27.2 Å². The summed E-state index contributed by atoms with van der Waals surface area (Å²) in [7, 11) is 3.97. The molecule has 80 valence electrons. The van der Waals surface area contributed by atoms with Crippen molar-refractivity contribution >= 4 is 11.8 Å². The lowest BCUT2D eigenvalue weighted by Crippen LogP contribution is -2.19. The predicted octanol–water partition coefficient (Wildman–Crippen LogP) is 1.59. The Kier molecular flexibility index (Phi) is 4.54. The van der Waals surface area contributed by atoms with Gasteiger partial charge in [0.25, 0.3) is 0 Å². The molecule has 0 radical (unpaired) electrons. The SMILES string of the molecule is CN(C)CCOc1cccc(N=C=O)c1. The number of likely N-dealkylation sites (N-methyl/N-ethyl adjacent to an activating group) is 1. The lowest BCUT2D eigenvalue weighted by atomic mass is 10.3. The van der Waals surface area contributed by atoms with Crippen molar-refractivity contribution in [1.82, 2.24) is 4.90 Å². The Balaban J connectivity index is 2.54. The van der Waals surface area contributed by atoms with Gasteiger partial charge in [0.05, 0.1) is 5.69 Å². The highest BCUT2D eigenvalue weighted by Gasteiger charge is 1.96. The van der Waals surface area contributed by atoms with Crippen molar-refractivity contribution in [3.05, 3.63) is 24.3 Å². The van der Waals surface area contributed by atoms with Gasteiger partial charge in [0.1, 0.15) is 12.4 Å². The second-order valence-corrected chi connectivity index (χ2v) is 3.35. The average molecular weight is 206 g/mol. The number of benzene rings is 1. The van der Waals surface area contributed by atoms with Crippen LogP contribution in [0.5, 0.6) is 5.75 Å². The normalized spacial score (nSPS) is 9.80. The zero-order valence-corrected chi connectivity index (χ0v) is 8.93. The summed E-state index contributed by atoms with van der Waals surface area (Å²) in [4.78, 5) is 15.6. The van der Waals surface area contributed by atoms with E-state index >= 15 is 0 Å². The molecule has 0 atom stereocenters. The summed E-state index contributed by atoms with van der Waals surface area (Å²) in [5.74, 6) is 0.716. The number of nitrogens with zero attached hydrogens (tertiary/aromatic N) is 2. The molecule has 1 aromatic rings. The first kappa shape index (κ1) is 11.4. The van der Waals surface area contributed by atoms with E-state index < -0.39 is 0 Å². The van der Waals surface area contributed by atoms with E-state index in [-0.39, 0.29) is 0 Å². The highest BCUT2D eigenvalue weighted by molar-refractivity contribution is 5.51. The molecule has 0 amide bonds. The molecule has 0 fully saturated rings. The van der Waals surface area contributed by atoms with Crippen LogP contribution in [0.4, 0.5) is 5.69 Å². The van der Waals surface area contributed by atoms with E-state index in [2.05, 4.69) is 4.99 Å². The van der Waals surface area contributed by atoms with Crippen LogP contribution in [-0.4, -0.2) is 38.2 Å². The van der Waals surface area contributed by atoms with Crippen molar-refractivity contribution in [2.24, 2.45) is 4.99 Å². The van der Waals surface area contributed by atoms with E-state index in [0.29, 0.717) is 18.0 Å². The quantitative estimate of drug-likeness (QED) is 0.542. The minimum Gasteiger partial charge on any atom is -0.492 e. The van der Waals surface area contributed by atoms with Crippen LogP contribution in [0.1, 0.15) is 0 Å². The van der Waals surface area contributed by atoms with Gasteiger partial charge in [0.2, 0.25) is 6.08 Å².